The summed E-state index contributed by atoms with van der Waals surface area (Å²) in [4.78, 5) is 32.2. The summed E-state index contributed by atoms with van der Waals surface area (Å²) < 4.78 is 7.82. The molecule has 0 radical (unpaired) electrons. The van der Waals surface area contributed by atoms with Crippen molar-refractivity contribution in [2.75, 3.05) is 19.6 Å². The van der Waals surface area contributed by atoms with Crippen molar-refractivity contribution in [2.24, 2.45) is 10.7 Å². The highest BCUT2D eigenvalue weighted by atomic mass is 35.5. The minimum Gasteiger partial charge on any atom is -0.451 e. The zero-order valence-electron chi connectivity index (χ0n) is 27.5. The predicted octanol–water partition coefficient (Wildman–Crippen LogP) is 6.09. The van der Waals surface area contributed by atoms with Crippen molar-refractivity contribution in [1.82, 2.24) is 25.4 Å². The van der Waals surface area contributed by atoms with Crippen molar-refractivity contribution in [3.63, 3.8) is 0 Å². The summed E-state index contributed by atoms with van der Waals surface area (Å²) in [6, 6.07) is 18.1. The third-order valence-corrected chi connectivity index (χ3v) is 9.73. The Bertz CT molecular complexity index is 2080. The number of fused-ring (bicyclic) bond motifs is 3. The summed E-state index contributed by atoms with van der Waals surface area (Å²) in [7, 11) is 0. The largest absolute Gasteiger partial charge is 0.451 e. The third-order valence-electron chi connectivity index (χ3n) is 8.28. The molecule has 1 aliphatic rings. The summed E-state index contributed by atoms with van der Waals surface area (Å²) in [6.07, 6.45) is 1.48. The summed E-state index contributed by atoms with van der Waals surface area (Å²) in [6.45, 7) is 7.32. The minimum absolute atomic E-state index is 0.115. The Morgan fingerprint density at radius 1 is 0.959 bits per heavy atom. The number of halogens is 1. The van der Waals surface area contributed by atoms with Gasteiger partial charge in [-0.3, -0.25) is 19.1 Å². The van der Waals surface area contributed by atoms with Crippen molar-refractivity contribution in [1.29, 1.82) is 0 Å². The molecule has 2 amide bonds. The Morgan fingerprint density at radius 3 is 2.41 bits per heavy atom. The van der Waals surface area contributed by atoms with Crippen LogP contribution in [0.4, 0.5) is 0 Å². The van der Waals surface area contributed by atoms with Crippen LogP contribution in [0, 0.1) is 32.6 Å². The highest BCUT2D eigenvalue weighted by Crippen LogP contribution is 2.39. The summed E-state index contributed by atoms with van der Waals surface area (Å²) in [5, 5.41) is 16.4. The molecule has 6 rings (SSSR count). The second kappa shape index (κ2) is 15.0. The molecule has 250 valence electrons. The molecule has 0 unspecified atom stereocenters. The standard InChI is InChI=1S/C37H36ClN7O3S/c1-22-23(2)49-37-33(22)34(27-12-14-28(38)15-13-27)42-29(35-44-43-24(3)45(35)37)21-32(46)40-19-4-5-20-41-36(47)31-17-16-30(48-31)26-10-8-25(9-11-26)7-6-18-39/h8-17,29H,4-5,18-21,39H2,1-3H3,(H,40,46)(H,41,47)/t29-/m0/s1. The molecule has 4 N–H and O–H groups in total. The number of hydrogen-bond acceptors (Lipinski definition) is 8. The number of carbonyl (C=O) groups is 2. The number of rotatable bonds is 10. The fourth-order valence-electron chi connectivity index (χ4n) is 5.63. The number of nitrogens with two attached hydrogens (primary N) is 1. The Kier molecular flexibility index (Phi) is 10.4. The first-order chi connectivity index (χ1) is 23.7. The lowest BCUT2D eigenvalue weighted by Crippen LogP contribution is -2.28. The summed E-state index contributed by atoms with van der Waals surface area (Å²) in [5.41, 5.74) is 11.0. The number of aromatic nitrogens is 3. The quantitative estimate of drug-likeness (QED) is 0.120. The molecular formula is C37H36ClN7O3S. The number of aliphatic imine (C=N–C) groups is 1. The predicted molar refractivity (Wildman–Crippen MR) is 193 cm³/mol. The van der Waals surface area contributed by atoms with Gasteiger partial charge in [0.05, 0.1) is 18.7 Å². The van der Waals surface area contributed by atoms with E-state index in [1.165, 1.54) is 4.88 Å². The molecule has 0 spiro atoms. The molecular weight excluding hydrogens is 658 g/mol. The third kappa shape index (κ3) is 7.52. The lowest BCUT2D eigenvalue weighted by Gasteiger charge is -2.13. The van der Waals surface area contributed by atoms with Crippen LogP contribution in [0.2, 0.25) is 5.02 Å². The number of nitrogens with one attached hydrogen (secondary N) is 2. The van der Waals surface area contributed by atoms with Gasteiger partial charge in [0.15, 0.2) is 11.6 Å². The van der Waals surface area contributed by atoms with Gasteiger partial charge >= 0.3 is 0 Å². The maximum Gasteiger partial charge on any atom is 0.287 e. The van der Waals surface area contributed by atoms with Gasteiger partial charge in [0.25, 0.3) is 5.91 Å². The lowest BCUT2D eigenvalue weighted by atomic mass is 9.99. The van der Waals surface area contributed by atoms with Gasteiger partial charge in [0.1, 0.15) is 22.6 Å². The molecule has 2 aromatic carbocycles. The molecule has 0 saturated heterocycles. The number of hydrogen-bond donors (Lipinski definition) is 3. The van der Waals surface area contributed by atoms with Gasteiger partial charge in [0.2, 0.25) is 5.91 Å². The van der Waals surface area contributed by atoms with Gasteiger partial charge < -0.3 is 20.8 Å². The van der Waals surface area contributed by atoms with Crippen molar-refractivity contribution in [3.8, 4) is 28.2 Å². The Balaban J connectivity index is 1.04. The molecule has 49 heavy (non-hydrogen) atoms. The number of amides is 2. The monoisotopic (exact) mass is 693 g/mol. The van der Waals surface area contributed by atoms with Crippen LogP contribution in [0.25, 0.3) is 16.3 Å². The van der Waals surface area contributed by atoms with Crippen LogP contribution in [0.3, 0.4) is 0 Å². The first-order valence-electron chi connectivity index (χ1n) is 16.0. The molecule has 4 heterocycles. The van der Waals surface area contributed by atoms with E-state index < -0.39 is 6.04 Å². The molecule has 0 saturated carbocycles. The van der Waals surface area contributed by atoms with Crippen LogP contribution in [0.1, 0.15) is 74.6 Å². The van der Waals surface area contributed by atoms with Crippen LogP contribution >= 0.6 is 22.9 Å². The van der Waals surface area contributed by atoms with Crippen LogP contribution in [-0.2, 0) is 4.79 Å². The van der Waals surface area contributed by atoms with Gasteiger partial charge in [-0.15, -0.1) is 21.5 Å². The lowest BCUT2D eigenvalue weighted by molar-refractivity contribution is -0.121. The number of carbonyl (C=O) groups excluding carboxylic acids is 2. The number of nitrogens with zero attached hydrogens (tertiary/aromatic N) is 4. The second-order valence-corrected chi connectivity index (χ2v) is 13.3. The number of aryl methyl sites for hydroxylation is 2. The van der Waals surface area contributed by atoms with E-state index in [4.69, 9.17) is 26.7 Å². The molecule has 0 fully saturated rings. The van der Waals surface area contributed by atoms with E-state index in [1.807, 2.05) is 60.0 Å². The molecule has 0 bridgehead atoms. The molecule has 5 aromatic rings. The van der Waals surface area contributed by atoms with E-state index in [2.05, 4.69) is 46.5 Å². The highest BCUT2D eigenvalue weighted by Gasteiger charge is 2.32. The zero-order valence-corrected chi connectivity index (χ0v) is 29.0. The SMILES string of the molecule is Cc1sc2c(c1C)C(c1ccc(Cl)cc1)=N[C@@H](CC(=O)NCCCCNC(=O)c1ccc(-c3ccc(C#CCN)cc3)o1)c1nnc(C)n1-2. The van der Waals surface area contributed by atoms with E-state index in [-0.39, 0.29) is 24.0 Å². The van der Waals surface area contributed by atoms with Crippen LogP contribution in [0.5, 0.6) is 0 Å². The number of thiophene rings is 1. The first kappa shape index (κ1) is 33.9. The van der Waals surface area contributed by atoms with Gasteiger partial charge in [-0.25, -0.2) is 0 Å². The highest BCUT2D eigenvalue weighted by molar-refractivity contribution is 7.15. The number of unbranched alkanes of at least 4 members (excludes halogenated alkanes) is 1. The number of benzene rings is 2. The van der Waals surface area contributed by atoms with Crippen molar-refractivity contribution < 1.29 is 14.0 Å². The maximum absolute atomic E-state index is 13.2. The van der Waals surface area contributed by atoms with Crippen LogP contribution in [-0.4, -0.2) is 51.9 Å². The summed E-state index contributed by atoms with van der Waals surface area (Å²) in [5.74, 6) is 7.59. The molecule has 1 aliphatic heterocycles. The first-order valence-corrected chi connectivity index (χ1v) is 17.2. The van der Waals surface area contributed by atoms with E-state index in [0.717, 1.165) is 44.4 Å². The van der Waals surface area contributed by atoms with Gasteiger partial charge in [0, 0.05) is 45.2 Å². The Hall–Kier alpha value is -5.02. The van der Waals surface area contributed by atoms with E-state index in [9.17, 15) is 9.59 Å². The van der Waals surface area contributed by atoms with Crippen molar-refractivity contribution >= 4 is 40.5 Å². The average Bonchev–Trinajstić information content (AvgIpc) is 3.80. The topological polar surface area (TPSA) is 140 Å². The zero-order chi connectivity index (χ0) is 34.5. The van der Waals surface area contributed by atoms with E-state index >= 15 is 0 Å². The van der Waals surface area contributed by atoms with Crippen molar-refractivity contribution in [2.45, 2.75) is 46.1 Å². The van der Waals surface area contributed by atoms with E-state index in [0.29, 0.717) is 49.1 Å². The fraction of sp³-hybridized carbons (Fsp3) is 0.270. The normalized spacial score (nSPS) is 13.4. The molecule has 3 aromatic heterocycles. The average molecular weight is 694 g/mol. The molecule has 0 aliphatic carbocycles. The second-order valence-electron chi connectivity index (χ2n) is 11.7. The molecule has 10 nitrogen and oxygen atoms in total. The maximum atomic E-state index is 13.2. The van der Waals surface area contributed by atoms with Crippen LogP contribution < -0.4 is 16.4 Å². The van der Waals surface area contributed by atoms with Crippen LogP contribution in [0.15, 0.2) is 70.1 Å². The van der Waals surface area contributed by atoms with Gasteiger partial charge in [-0.1, -0.05) is 47.7 Å². The van der Waals surface area contributed by atoms with Gasteiger partial charge in [-0.2, -0.15) is 0 Å². The van der Waals surface area contributed by atoms with Gasteiger partial charge in [-0.05, 0) is 75.6 Å². The Morgan fingerprint density at radius 2 is 1.67 bits per heavy atom. The molecule has 1 atom stereocenters. The minimum atomic E-state index is -0.536. The molecule has 12 heteroatoms. The van der Waals surface area contributed by atoms with E-state index in [1.54, 1.807) is 23.5 Å². The summed E-state index contributed by atoms with van der Waals surface area (Å²) >= 11 is 7.88. The fourth-order valence-corrected chi connectivity index (χ4v) is 6.97. The Labute approximate surface area is 293 Å². The number of furan rings is 1. The van der Waals surface area contributed by atoms with Crippen molar-refractivity contribution in [3.05, 3.63) is 110 Å². The smallest absolute Gasteiger partial charge is 0.287 e.